The molecule has 2 aromatic rings. The predicted octanol–water partition coefficient (Wildman–Crippen LogP) is 3.79. The van der Waals surface area contributed by atoms with Crippen molar-refractivity contribution in [3.05, 3.63) is 52.6 Å². The molecule has 110 valence electrons. The summed E-state index contributed by atoms with van der Waals surface area (Å²) in [5.41, 5.74) is -0.127. The highest BCUT2D eigenvalue weighted by atomic mass is 16.6. The van der Waals surface area contributed by atoms with Crippen molar-refractivity contribution in [3.8, 4) is 23.0 Å². The molecular weight excluding hydrogens is 274 g/mol. The molecule has 21 heavy (non-hydrogen) atoms. The Morgan fingerprint density at radius 3 is 2.52 bits per heavy atom. The Labute approximate surface area is 122 Å². The van der Waals surface area contributed by atoms with Crippen LogP contribution in [0, 0.1) is 10.1 Å². The van der Waals surface area contributed by atoms with Crippen LogP contribution in [0.5, 0.6) is 23.0 Å². The third-order valence-electron chi connectivity index (χ3n) is 2.71. The number of nitrogens with zero attached hydrogens (tertiary/aromatic N) is 1. The number of benzene rings is 2. The summed E-state index contributed by atoms with van der Waals surface area (Å²) in [6.07, 6.45) is 0. The molecule has 2 aromatic carbocycles. The summed E-state index contributed by atoms with van der Waals surface area (Å²) in [4.78, 5) is 10.5. The fourth-order valence-corrected chi connectivity index (χ4v) is 1.78. The first-order chi connectivity index (χ1) is 10.1. The maximum atomic E-state index is 11.0. The van der Waals surface area contributed by atoms with Crippen molar-refractivity contribution in [2.24, 2.45) is 0 Å². The molecule has 0 saturated carbocycles. The van der Waals surface area contributed by atoms with Crippen LogP contribution in [0.4, 0.5) is 5.69 Å². The molecular formula is C15H15NO5. The van der Waals surface area contributed by atoms with Gasteiger partial charge in [-0.1, -0.05) is 6.07 Å². The largest absolute Gasteiger partial charge is 0.497 e. The fourth-order valence-electron chi connectivity index (χ4n) is 1.78. The van der Waals surface area contributed by atoms with Crippen molar-refractivity contribution in [3.63, 3.8) is 0 Å². The van der Waals surface area contributed by atoms with Gasteiger partial charge in [0.2, 0.25) is 5.75 Å². The summed E-state index contributed by atoms with van der Waals surface area (Å²) < 4.78 is 16.0. The molecule has 2 rings (SSSR count). The van der Waals surface area contributed by atoms with E-state index in [1.807, 2.05) is 6.92 Å². The van der Waals surface area contributed by atoms with E-state index in [4.69, 9.17) is 14.2 Å². The zero-order valence-corrected chi connectivity index (χ0v) is 11.7. The van der Waals surface area contributed by atoms with E-state index in [9.17, 15) is 10.1 Å². The van der Waals surface area contributed by atoms with Crippen LogP contribution in [0.1, 0.15) is 6.92 Å². The van der Waals surface area contributed by atoms with E-state index in [1.54, 1.807) is 24.3 Å². The van der Waals surface area contributed by atoms with Gasteiger partial charge in [-0.15, -0.1) is 0 Å². The molecule has 0 bridgehead atoms. The molecule has 0 aliphatic heterocycles. The summed E-state index contributed by atoms with van der Waals surface area (Å²) in [5, 5.41) is 11.0. The van der Waals surface area contributed by atoms with Crippen molar-refractivity contribution in [2.75, 3.05) is 13.7 Å². The van der Waals surface area contributed by atoms with Crippen molar-refractivity contribution in [1.29, 1.82) is 0 Å². The van der Waals surface area contributed by atoms with E-state index in [1.165, 1.54) is 25.3 Å². The van der Waals surface area contributed by atoms with Crippen molar-refractivity contribution in [1.82, 2.24) is 0 Å². The third-order valence-corrected chi connectivity index (χ3v) is 2.71. The molecule has 0 atom stereocenters. The highest BCUT2D eigenvalue weighted by molar-refractivity contribution is 5.52. The molecule has 0 unspecified atom stereocenters. The van der Waals surface area contributed by atoms with Gasteiger partial charge < -0.3 is 14.2 Å². The van der Waals surface area contributed by atoms with Crippen molar-refractivity contribution < 1.29 is 19.1 Å². The molecule has 6 nitrogen and oxygen atoms in total. The Hall–Kier alpha value is -2.76. The number of rotatable bonds is 6. The van der Waals surface area contributed by atoms with Gasteiger partial charge in [0.15, 0.2) is 0 Å². The minimum atomic E-state index is -0.499. The van der Waals surface area contributed by atoms with E-state index in [0.717, 1.165) is 0 Å². The highest BCUT2D eigenvalue weighted by Gasteiger charge is 2.17. The molecule has 0 fully saturated rings. The number of nitro benzene ring substituents is 1. The zero-order chi connectivity index (χ0) is 15.2. The summed E-state index contributed by atoms with van der Waals surface area (Å²) in [6, 6.07) is 11.3. The molecule has 0 aromatic heterocycles. The monoisotopic (exact) mass is 289 g/mol. The average molecular weight is 289 g/mol. The van der Waals surface area contributed by atoms with Gasteiger partial charge in [-0.05, 0) is 25.1 Å². The maximum Gasteiger partial charge on any atom is 0.311 e. The Morgan fingerprint density at radius 1 is 1.10 bits per heavy atom. The molecule has 0 radical (unpaired) electrons. The minimum absolute atomic E-state index is 0.119. The lowest BCUT2D eigenvalue weighted by atomic mass is 10.2. The fraction of sp³-hybridized carbons (Fsp3) is 0.200. The van der Waals surface area contributed by atoms with E-state index in [0.29, 0.717) is 23.9 Å². The van der Waals surface area contributed by atoms with Crippen LogP contribution in [0.2, 0.25) is 0 Å². The first-order valence-electron chi connectivity index (χ1n) is 6.37. The molecule has 0 aliphatic rings. The van der Waals surface area contributed by atoms with E-state index in [-0.39, 0.29) is 11.4 Å². The number of methoxy groups -OCH3 is 1. The van der Waals surface area contributed by atoms with Crippen LogP contribution in [0.15, 0.2) is 42.5 Å². The first kappa shape index (κ1) is 14.6. The Bertz CT molecular complexity index is 642. The second-order valence-electron chi connectivity index (χ2n) is 4.10. The Balaban J connectivity index is 2.33. The van der Waals surface area contributed by atoms with Crippen LogP contribution in [-0.2, 0) is 0 Å². The molecule has 0 N–H and O–H groups in total. The molecule has 6 heteroatoms. The number of hydrogen-bond acceptors (Lipinski definition) is 5. The SMILES string of the molecule is CCOc1cccc(Oc2cc(OC)ccc2[N+](=O)[O-])c1. The molecule has 0 aliphatic carbocycles. The second kappa shape index (κ2) is 6.60. The lowest BCUT2D eigenvalue weighted by Gasteiger charge is -2.09. The van der Waals surface area contributed by atoms with Gasteiger partial charge in [0.25, 0.3) is 0 Å². The molecule has 0 saturated heterocycles. The Kier molecular flexibility index (Phi) is 4.61. The zero-order valence-electron chi connectivity index (χ0n) is 11.7. The van der Waals surface area contributed by atoms with Gasteiger partial charge >= 0.3 is 5.69 Å². The van der Waals surface area contributed by atoms with Crippen LogP contribution in [-0.4, -0.2) is 18.6 Å². The van der Waals surface area contributed by atoms with Gasteiger partial charge in [-0.2, -0.15) is 0 Å². The Morgan fingerprint density at radius 2 is 1.86 bits per heavy atom. The van der Waals surface area contributed by atoms with Crippen molar-refractivity contribution in [2.45, 2.75) is 6.92 Å². The maximum absolute atomic E-state index is 11.0. The van der Waals surface area contributed by atoms with Gasteiger partial charge in [-0.25, -0.2) is 0 Å². The summed E-state index contributed by atoms with van der Waals surface area (Å²) >= 11 is 0. The summed E-state index contributed by atoms with van der Waals surface area (Å²) in [5.74, 6) is 1.70. The van der Waals surface area contributed by atoms with Crippen LogP contribution in [0.25, 0.3) is 0 Å². The average Bonchev–Trinajstić information content (AvgIpc) is 2.47. The number of hydrogen-bond donors (Lipinski definition) is 0. The lowest BCUT2D eigenvalue weighted by molar-refractivity contribution is -0.385. The normalized spacial score (nSPS) is 10.0. The number of nitro groups is 1. The van der Waals surface area contributed by atoms with E-state index >= 15 is 0 Å². The minimum Gasteiger partial charge on any atom is -0.497 e. The highest BCUT2D eigenvalue weighted by Crippen LogP contribution is 2.35. The summed E-state index contributed by atoms with van der Waals surface area (Å²) in [6.45, 7) is 2.41. The third kappa shape index (κ3) is 3.62. The van der Waals surface area contributed by atoms with Crippen LogP contribution in [0.3, 0.4) is 0 Å². The second-order valence-corrected chi connectivity index (χ2v) is 4.10. The van der Waals surface area contributed by atoms with Crippen LogP contribution >= 0.6 is 0 Å². The van der Waals surface area contributed by atoms with Crippen molar-refractivity contribution >= 4 is 5.69 Å². The quantitative estimate of drug-likeness (QED) is 0.597. The van der Waals surface area contributed by atoms with Gasteiger partial charge in [0.1, 0.15) is 17.2 Å². The number of ether oxygens (including phenoxy) is 3. The smallest absolute Gasteiger partial charge is 0.311 e. The topological polar surface area (TPSA) is 70.8 Å². The lowest BCUT2D eigenvalue weighted by Crippen LogP contribution is -1.95. The molecule has 0 spiro atoms. The first-order valence-corrected chi connectivity index (χ1v) is 6.37. The van der Waals surface area contributed by atoms with E-state index in [2.05, 4.69) is 0 Å². The van der Waals surface area contributed by atoms with Gasteiger partial charge in [0, 0.05) is 18.2 Å². The van der Waals surface area contributed by atoms with E-state index < -0.39 is 4.92 Å². The summed E-state index contributed by atoms with van der Waals surface area (Å²) in [7, 11) is 1.49. The molecule has 0 heterocycles. The van der Waals surface area contributed by atoms with Crippen LogP contribution < -0.4 is 14.2 Å². The van der Waals surface area contributed by atoms with Gasteiger partial charge in [0.05, 0.1) is 18.6 Å². The predicted molar refractivity (Wildman–Crippen MR) is 77.3 cm³/mol. The standard InChI is InChI=1S/C15H15NO5/c1-3-20-12-5-4-6-13(9-12)21-15-10-11(19-2)7-8-14(15)16(17)18/h4-10H,3H2,1-2H3. The molecule has 0 amide bonds. The van der Waals surface area contributed by atoms with Gasteiger partial charge in [-0.3, -0.25) is 10.1 Å².